The van der Waals surface area contributed by atoms with Crippen molar-refractivity contribution in [2.24, 2.45) is 5.92 Å². The highest BCUT2D eigenvalue weighted by Crippen LogP contribution is 2.29. The fourth-order valence-corrected chi connectivity index (χ4v) is 3.72. The summed E-state index contributed by atoms with van der Waals surface area (Å²) >= 11 is 6.24. The first-order valence-electron chi connectivity index (χ1n) is 9.18. The van der Waals surface area contributed by atoms with E-state index in [0.29, 0.717) is 5.02 Å². The number of likely N-dealkylation sites (tertiary alicyclic amines) is 1. The van der Waals surface area contributed by atoms with Gasteiger partial charge in [-0.25, -0.2) is 4.98 Å². The Bertz CT molecular complexity index is 662. The molecule has 0 spiro atoms. The maximum atomic E-state index is 6.24. The van der Waals surface area contributed by atoms with Crippen LogP contribution in [0.25, 0.3) is 11.3 Å². The SMILES string of the molecule is CN(C)CCCC1CCN(Cc2ncc(-c3ccccc3Cl)o2)CC1. The molecule has 0 amide bonds. The Hall–Kier alpha value is -1.36. The summed E-state index contributed by atoms with van der Waals surface area (Å²) in [5, 5.41) is 0.698. The van der Waals surface area contributed by atoms with Crippen molar-refractivity contribution in [2.45, 2.75) is 32.2 Å². The second-order valence-electron chi connectivity index (χ2n) is 7.26. The van der Waals surface area contributed by atoms with Crippen LogP contribution in [0.1, 0.15) is 31.6 Å². The second-order valence-corrected chi connectivity index (χ2v) is 7.67. The van der Waals surface area contributed by atoms with Gasteiger partial charge in [-0.15, -0.1) is 0 Å². The molecule has 1 fully saturated rings. The van der Waals surface area contributed by atoms with E-state index >= 15 is 0 Å². The second kappa shape index (κ2) is 8.84. The minimum absolute atomic E-state index is 0.698. The van der Waals surface area contributed by atoms with Gasteiger partial charge < -0.3 is 9.32 Å². The summed E-state index contributed by atoms with van der Waals surface area (Å²) in [7, 11) is 4.30. The highest BCUT2D eigenvalue weighted by atomic mass is 35.5. The van der Waals surface area contributed by atoms with E-state index in [-0.39, 0.29) is 0 Å². The number of hydrogen-bond donors (Lipinski definition) is 0. The van der Waals surface area contributed by atoms with Gasteiger partial charge in [0.1, 0.15) is 0 Å². The zero-order valence-electron chi connectivity index (χ0n) is 15.2. The van der Waals surface area contributed by atoms with Crippen molar-refractivity contribution in [3.63, 3.8) is 0 Å². The van der Waals surface area contributed by atoms with Gasteiger partial charge in [0.05, 0.1) is 17.8 Å². The summed E-state index contributed by atoms with van der Waals surface area (Å²) < 4.78 is 5.93. The van der Waals surface area contributed by atoms with Crippen LogP contribution in [-0.2, 0) is 6.54 Å². The summed E-state index contributed by atoms with van der Waals surface area (Å²) in [6.45, 7) is 4.25. The van der Waals surface area contributed by atoms with E-state index in [9.17, 15) is 0 Å². The summed E-state index contributed by atoms with van der Waals surface area (Å²) in [6, 6.07) is 7.72. The highest BCUT2D eigenvalue weighted by molar-refractivity contribution is 6.33. The number of rotatable bonds is 7. The zero-order valence-corrected chi connectivity index (χ0v) is 16.0. The van der Waals surface area contributed by atoms with Gasteiger partial charge in [0.2, 0.25) is 5.89 Å². The van der Waals surface area contributed by atoms with Crippen LogP contribution in [0.15, 0.2) is 34.9 Å². The third kappa shape index (κ3) is 5.30. The average Bonchev–Trinajstić information content (AvgIpc) is 3.05. The number of piperidine rings is 1. The first-order chi connectivity index (χ1) is 12.1. The third-order valence-electron chi connectivity index (χ3n) is 4.98. The number of hydrogen-bond acceptors (Lipinski definition) is 4. The Morgan fingerprint density at radius 2 is 2.00 bits per heavy atom. The highest BCUT2D eigenvalue weighted by Gasteiger charge is 2.20. The van der Waals surface area contributed by atoms with Crippen molar-refractivity contribution in [1.29, 1.82) is 0 Å². The van der Waals surface area contributed by atoms with Gasteiger partial charge in [-0.3, -0.25) is 4.90 Å². The number of oxazole rings is 1. The Morgan fingerprint density at radius 3 is 2.72 bits per heavy atom. The van der Waals surface area contributed by atoms with Crippen LogP contribution in [0.2, 0.25) is 5.02 Å². The fourth-order valence-electron chi connectivity index (χ4n) is 3.49. The topological polar surface area (TPSA) is 32.5 Å². The van der Waals surface area contributed by atoms with E-state index < -0.39 is 0 Å². The molecule has 0 aliphatic carbocycles. The molecule has 3 rings (SSSR count). The van der Waals surface area contributed by atoms with E-state index in [1.54, 1.807) is 6.20 Å². The van der Waals surface area contributed by atoms with E-state index in [1.807, 2.05) is 24.3 Å². The van der Waals surface area contributed by atoms with Crippen molar-refractivity contribution in [3.8, 4) is 11.3 Å². The quantitative estimate of drug-likeness (QED) is 0.724. The molecule has 1 saturated heterocycles. The molecule has 0 atom stereocenters. The molecule has 25 heavy (non-hydrogen) atoms. The van der Waals surface area contributed by atoms with E-state index in [2.05, 4.69) is 28.9 Å². The van der Waals surface area contributed by atoms with Gasteiger partial charge in [-0.1, -0.05) is 23.7 Å². The van der Waals surface area contributed by atoms with Gasteiger partial charge in [0.15, 0.2) is 5.76 Å². The van der Waals surface area contributed by atoms with Crippen LogP contribution in [-0.4, -0.2) is 48.5 Å². The van der Waals surface area contributed by atoms with Crippen LogP contribution in [0.4, 0.5) is 0 Å². The molecule has 0 bridgehead atoms. The zero-order chi connectivity index (χ0) is 17.6. The lowest BCUT2D eigenvalue weighted by atomic mass is 9.92. The molecule has 0 radical (unpaired) electrons. The van der Waals surface area contributed by atoms with Crippen LogP contribution < -0.4 is 0 Å². The molecule has 1 aliphatic rings. The molecule has 2 aromatic rings. The molecule has 0 saturated carbocycles. The minimum Gasteiger partial charge on any atom is -0.439 e. The average molecular weight is 362 g/mol. The lowest BCUT2D eigenvalue weighted by molar-refractivity contribution is 0.157. The van der Waals surface area contributed by atoms with Crippen molar-refractivity contribution < 1.29 is 4.42 Å². The van der Waals surface area contributed by atoms with Crippen molar-refractivity contribution in [1.82, 2.24) is 14.8 Å². The smallest absolute Gasteiger partial charge is 0.209 e. The maximum absolute atomic E-state index is 6.24. The Kier molecular flexibility index (Phi) is 6.51. The van der Waals surface area contributed by atoms with Crippen molar-refractivity contribution in [2.75, 3.05) is 33.7 Å². The molecular weight excluding hydrogens is 334 g/mol. The minimum atomic E-state index is 0.698. The first-order valence-corrected chi connectivity index (χ1v) is 9.56. The molecular formula is C20H28ClN3O. The Labute approximate surface area is 155 Å². The van der Waals surface area contributed by atoms with Crippen LogP contribution in [0.5, 0.6) is 0 Å². The number of benzene rings is 1. The van der Waals surface area contributed by atoms with Gasteiger partial charge in [0, 0.05) is 5.56 Å². The lowest BCUT2D eigenvalue weighted by Crippen LogP contribution is -2.33. The molecule has 136 valence electrons. The van der Waals surface area contributed by atoms with Crippen molar-refractivity contribution in [3.05, 3.63) is 41.4 Å². The lowest BCUT2D eigenvalue weighted by Gasteiger charge is -2.31. The Morgan fingerprint density at radius 1 is 1.24 bits per heavy atom. The van der Waals surface area contributed by atoms with E-state index in [1.165, 1.54) is 32.2 Å². The largest absolute Gasteiger partial charge is 0.439 e. The normalized spacial score (nSPS) is 16.6. The maximum Gasteiger partial charge on any atom is 0.209 e. The monoisotopic (exact) mass is 361 g/mol. The van der Waals surface area contributed by atoms with Gasteiger partial charge in [0.25, 0.3) is 0 Å². The van der Waals surface area contributed by atoms with Crippen molar-refractivity contribution >= 4 is 11.6 Å². The predicted octanol–water partition coefficient (Wildman–Crippen LogP) is 4.55. The third-order valence-corrected chi connectivity index (χ3v) is 5.31. The Balaban J connectivity index is 1.48. The molecule has 1 aromatic heterocycles. The summed E-state index contributed by atoms with van der Waals surface area (Å²) in [5.74, 6) is 2.40. The van der Waals surface area contributed by atoms with Crippen LogP contribution in [0, 0.1) is 5.92 Å². The summed E-state index contributed by atoms with van der Waals surface area (Å²) in [4.78, 5) is 9.16. The fraction of sp³-hybridized carbons (Fsp3) is 0.550. The van der Waals surface area contributed by atoms with E-state index in [0.717, 1.165) is 42.8 Å². The molecule has 1 aliphatic heterocycles. The summed E-state index contributed by atoms with van der Waals surface area (Å²) in [5.41, 5.74) is 0.905. The van der Waals surface area contributed by atoms with Gasteiger partial charge in [-0.2, -0.15) is 0 Å². The standard InChI is InChI=1S/C20H28ClN3O/c1-23(2)11-5-6-16-9-12-24(13-10-16)15-20-22-14-19(25-20)17-7-3-4-8-18(17)21/h3-4,7-8,14,16H,5-6,9-13,15H2,1-2H3. The molecule has 5 heteroatoms. The van der Waals surface area contributed by atoms with Crippen LogP contribution in [0.3, 0.4) is 0 Å². The molecule has 1 aromatic carbocycles. The van der Waals surface area contributed by atoms with Crippen LogP contribution >= 0.6 is 11.6 Å². The number of nitrogens with zero attached hydrogens (tertiary/aromatic N) is 3. The molecule has 4 nitrogen and oxygen atoms in total. The number of halogens is 1. The predicted molar refractivity (Wildman–Crippen MR) is 103 cm³/mol. The molecule has 0 N–H and O–H groups in total. The van der Waals surface area contributed by atoms with Gasteiger partial charge >= 0.3 is 0 Å². The molecule has 0 unspecified atom stereocenters. The van der Waals surface area contributed by atoms with Gasteiger partial charge in [-0.05, 0) is 77.5 Å². The molecule has 2 heterocycles. The first kappa shape index (κ1) is 18.4. The summed E-state index contributed by atoms with van der Waals surface area (Å²) in [6.07, 6.45) is 7.00. The number of aromatic nitrogens is 1. The van der Waals surface area contributed by atoms with E-state index in [4.69, 9.17) is 16.0 Å².